The molecule has 2 aromatic rings. The Kier molecular flexibility index (Phi) is 5.69. The number of carbonyl (C=O) groups excluding carboxylic acids is 2. The minimum absolute atomic E-state index is 0.0859. The first-order valence-corrected chi connectivity index (χ1v) is 8.83. The molecule has 1 saturated heterocycles. The summed E-state index contributed by atoms with van der Waals surface area (Å²) in [6, 6.07) is 8.91. The Morgan fingerprint density at radius 3 is 2.63 bits per heavy atom. The summed E-state index contributed by atoms with van der Waals surface area (Å²) in [7, 11) is 0. The Morgan fingerprint density at radius 2 is 1.93 bits per heavy atom. The molecule has 1 heterocycles. The van der Waals surface area contributed by atoms with Gasteiger partial charge in [-0.3, -0.25) is 9.59 Å². The van der Waals surface area contributed by atoms with E-state index in [1.165, 1.54) is 12.1 Å². The van der Waals surface area contributed by atoms with Crippen molar-refractivity contribution in [1.82, 2.24) is 0 Å². The lowest BCUT2D eigenvalue weighted by Gasteiger charge is -2.18. The predicted molar refractivity (Wildman–Crippen MR) is 93.8 cm³/mol. The number of para-hydroxylation sites is 1. The van der Waals surface area contributed by atoms with Gasteiger partial charge in [-0.25, -0.2) is 8.78 Å². The molecular weight excluding hydrogens is 384 g/mol. The van der Waals surface area contributed by atoms with E-state index in [1.807, 2.05) is 0 Å². The number of halogens is 4. The van der Waals surface area contributed by atoms with E-state index >= 15 is 0 Å². The maximum atomic E-state index is 13.9. The lowest BCUT2D eigenvalue weighted by Crippen LogP contribution is -2.28. The first-order chi connectivity index (χ1) is 12.8. The molecule has 9 heteroatoms. The maximum absolute atomic E-state index is 13.9. The van der Waals surface area contributed by atoms with E-state index in [-0.39, 0.29) is 29.2 Å². The molecule has 0 spiro atoms. The number of alkyl halides is 2. The normalized spacial score (nSPS) is 16.9. The Labute approximate surface area is 156 Å². The van der Waals surface area contributed by atoms with E-state index in [4.69, 9.17) is 0 Å². The van der Waals surface area contributed by atoms with Crippen LogP contribution in [0.25, 0.3) is 0 Å². The first-order valence-electron chi connectivity index (χ1n) is 7.95. The Hall–Kier alpha value is -2.55. The second-order valence-corrected chi connectivity index (χ2v) is 6.90. The van der Waals surface area contributed by atoms with Crippen molar-refractivity contribution in [3.63, 3.8) is 0 Å². The van der Waals surface area contributed by atoms with Crippen molar-refractivity contribution in [2.75, 3.05) is 16.8 Å². The van der Waals surface area contributed by atoms with Gasteiger partial charge < -0.3 is 10.2 Å². The van der Waals surface area contributed by atoms with Gasteiger partial charge in [-0.15, -0.1) is 0 Å². The van der Waals surface area contributed by atoms with Gasteiger partial charge in [-0.2, -0.15) is 8.78 Å². The number of nitrogens with one attached hydrogen (secondary N) is 1. The Balaban J connectivity index is 1.73. The number of nitrogens with zero attached hydrogens (tertiary/aromatic N) is 1. The highest BCUT2D eigenvalue weighted by Crippen LogP contribution is 2.33. The van der Waals surface area contributed by atoms with Crippen LogP contribution in [0.5, 0.6) is 0 Å². The highest BCUT2D eigenvalue weighted by atomic mass is 32.2. The van der Waals surface area contributed by atoms with Crippen LogP contribution in [0, 0.1) is 17.6 Å². The fourth-order valence-corrected chi connectivity index (χ4v) is 3.41. The highest BCUT2D eigenvalue weighted by molar-refractivity contribution is 7.99. The van der Waals surface area contributed by atoms with Crippen LogP contribution in [0.4, 0.5) is 28.9 Å². The number of thioether (sulfide) groups is 1. The monoisotopic (exact) mass is 398 g/mol. The van der Waals surface area contributed by atoms with E-state index in [2.05, 4.69) is 5.32 Å². The van der Waals surface area contributed by atoms with E-state index < -0.39 is 35.1 Å². The number of hydrogen-bond donors (Lipinski definition) is 1. The average molecular weight is 398 g/mol. The zero-order valence-corrected chi connectivity index (χ0v) is 14.6. The van der Waals surface area contributed by atoms with Crippen molar-refractivity contribution in [3.8, 4) is 0 Å². The predicted octanol–water partition coefficient (Wildman–Crippen LogP) is 4.27. The Bertz CT molecular complexity index is 878. The van der Waals surface area contributed by atoms with Gasteiger partial charge in [0, 0.05) is 23.9 Å². The van der Waals surface area contributed by atoms with Gasteiger partial charge in [-0.05, 0) is 24.3 Å². The lowest BCUT2D eigenvalue weighted by atomic mass is 10.1. The van der Waals surface area contributed by atoms with Gasteiger partial charge in [0.2, 0.25) is 11.8 Å². The van der Waals surface area contributed by atoms with E-state index in [0.29, 0.717) is 17.8 Å². The maximum Gasteiger partial charge on any atom is 0.288 e. The third kappa shape index (κ3) is 4.41. The quantitative estimate of drug-likeness (QED) is 0.605. The van der Waals surface area contributed by atoms with Crippen LogP contribution in [0.1, 0.15) is 6.42 Å². The lowest BCUT2D eigenvalue weighted by molar-refractivity contribution is -0.122. The van der Waals surface area contributed by atoms with Crippen molar-refractivity contribution in [1.29, 1.82) is 0 Å². The molecule has 0 bridgehead atoms. The number of hydrogen-bond acceptors (Lipinski definition) is 3. The van der Waals surface area contributed by atoms with Gasteiger partial charge in [-0.1, -0.05) is 23.9 Å². The number of amides is 2. The number of carbonyl (C=O) groups is 2. The van der Waals surface area contributed by atoms with Crippen molar-refractivity contribution in [2.45, 2.75) is 17.1 Å². The van der Waals surface area contributed by atoms with Crippen LogP contribution in [-0.2, 0) is 9.59 Å². The molecule has 4 nitrogen and oxygen atoms in total. The molecule has 1 fully saturated rings. The van der Waals surface area contributed by atoms with Crippen LogP contribution < -0.4 is 10.2 Å². The fourth-order valence-electron chi connectivity index (χ4n) is 2.82. The van der Waals surface area contributed by atoms with Gasteiger partial charge in [0.1, 0.15) is 11.6 Å². The molecule has 3 rings (SSSR count). The molecule has 2 aromatic carbocycles. The summed E-state index contributed by atoms with van der Waals surface area (Å²) in [5.74, 6) is -6.11. The molecule has 1 atom stereocenters. The Morgan fingerprint density at radius 1 is 1.19 bits per heavy atom. The van der Waals surface area contributed by atoms with Crippen LogP contribution in [0.2, 0.25) is 0 Å². The molecule has 0 saturated carbocycles. The SMILES string of the molecule is O=C(Nc1ccccc1SC(F)F)C1CC(=O)N(c2ccc(F)cc2F)C1. The summed E-state index contributed by atoms with van der Waals surface area (Å²) in [4.78, 5) is 25.9. The third-order valence-corrected chi connectivity index (χ3v) is 4.85. The first kappa shape index (κ1) is 19.2. The molecular formula is C18H14F4N2O2S. The molecule has 1 aliphatic heterocycles. The topological polar surface area (TPSA) is 49.4 Å². The van der Waals surface area contributed by atoms with Crippen LogP contribution in [0.3, 0.4) is 0 Å². The minimum atomic E-state index is -2.65. The summed E-state index contributed by atoms with van der Waals surface area (Å²) < 4.78 is 52.2. The standard InChI is InChI=1S/C18H14F4N2O2S/c19-11-5-6-14(12(20)8-11)24-9-10(7-16(24)25)17(26)23-13-3-1-2-4-15(13)27-18(21)22/h1-6,8,10,18H,7,9H2,(H,23,26). The number of anilines is 2. The second-order valence-electron chi connectivity index (χ2n) is 5.87. The molecule has 27 heavy (non-hydrogen) atoms. The van der Waals surface area contributed by atoms with E-state index in [0.717, 1.165) is 17.0 Å². The van der Waals surface area contributed by atoms with Crippen molar-refractivity contribution >= 4 is 35.0 Å². The molecule has 0 aromatic heterocycles. The fraction of sp³-hybridized carbons (Fsp3) is 0.222. The van der Waals surface area contributed by atoms with Gasteiger partial charge in [0.25, 0.3) is 5.76 Å². The summed E-state index contributed by atoms with van der Waals surface area (Å²) in [5.41, 5.74) is 0.108. The van der Waals surface area contributed by atoms with Crippen molar-refractivity contribution < 1.29 is 27.2 Å². The van der Waals surface area contributed by atoms with Gasteiger partial charge >= 0.3 is 0 Å². The average Bonchev–Trinajstić information content (AvgIpc) is 2.98. The highest BCUT2D eigenvalue weighted by Gasteiger charge is 2.36. The van der Waals surface area contributed by atoms with Crippen LogP contribution in [-0.4, -0.2) is 24.1 Å². The van der Waals surface area contributed by atoms with Crippen molar-refractivity contribution in [2.24, 2.45) is 5.92 Å². The second kappa shape index (κ2) is 7.99. The van der Waals surface area contributed by atoms with Crippen molar-refractivity contribution in [3.05, 3.63) is 54.1 Å². The largest absolute Gasteiger partial charge is 0.325 e. The smallest absolute Gasteiger partial charge is 0.288 e. The van der Waals surface area contributed by atoms with Gasteiger partial charge in [0.05, 0.1) is 17.3 Å². The minimum Gasteiger partial charge on any atom is -0.325 e. The molecule has 2 amide bonds. The van der Waals surface area contributed by atoms with Gasteiger partial charge in [0.15, 0.2) is 0 Å². The molecule has 142 valence electrons. The molecule has 0 radical (unpaired) electrons. The molecule has 1 N–H and O–H groups in total. The summed E-state index contributed by atoms with van der Waals surface area (Å²) in [5, 5.41) is 2.55. The molecule has 0 aliphatic carbocycles. The van der Waals surface area contributed by atoms with E-state index in [1.54, 1.807) is 12.1 Å². The number of rotatable bonds is 5. The van der Waals surface area contributed by atoms with Crippen LogP contribution in [0.15, 0.2) is 47.4 Å². The summed E-state index contributed by atoms with van der Waals surface area (Å²) >= 11 is 0.300. The third-order valence-electron chi connectivity index (χ3n) is 4.06. The van der Waals surface area contributed by atoms with Crippen LogP contribution >= 0.6 is 11.8 Å². The zero-order chi connectivity index (χ0) is 19.6. The number of benzene rings is 2. The molecule has 1 aliphatic rings. The van der Waals surface area contributed by atoms with E-state index in [9.17, 15) is 27.2 Å². The molecule has 1 unspecified atom stereocenters. The summed E-state index contributed by atoms with van der Waals surface area (Å²) in [6.45, 7) is -0.0859. The summed E-state index contributed by atoms with van der Waals surface area (Å²) in [6.07, 6.45) is -0.160. The zero-order valence-electron chi connectivity index (χ0n) is 13.8.